The molecule has 1 saturated heterocycles. The van der Waals surface area contributed by atoms with E-state index in [2.05, 4.69) is 4.98 Å². The zero-order chi connectivity index (χ0) is 13.7. The van der Waals surface area contributed by atoms with Gasteiger partial charge in [0.1, 0.15) is 5.82 Å². The zero-order valence-electron chi connectivity index (χ0n) is 11.2. The lowest BCUT2D eigenvalue weighted by molar-refractivity contribution is 0.110. The van der Waals surface area contributed by atoms with Gasteiger partial charge in [0.15, 0.2) is 5.03 Å². The Kier molecular flexibility index (Phi) is 3.03. The van der Waals surface area contributed by atoms with Gasteiger partial charge in [-0.2, -0.15) is 4.31 Å². The highest BCUT2D eigenvalue weighted by molar-refractivity contribution is 7.89. The molecule has 1 aliphatic heterocycles. The standard InChI is InChI=1S/C11H20N4O2S/c1-8(2)11(12)6-15(7-11)18(16,17)10-5-14(4)9(3)13-10/h5,8H,6-7,12H2,1-4H3. The van der Waals surface area contributed by atoms with Gasteiger partial charge in [0.25, 0.3) is 10.0 Å². The van der Waals surface area contributed by atoms with Crippen molar-refractivity contribution in [3.63, 3.8) is 0 Å². The first-order valence-electron chi connectivity index (χ1n) is 5.96. The van der Waals surface area contributed by atoms with Crippen LogP contribution in [0, 0.1) is 12.8 Å². The van der Waals surface area contributed by atoms with Crippen LogP contribution in [0.2, 0.25) is 0 Å². The van der Waals surface area contributed by atoms with Crippen LogP contribution in [0.1, 0.15) is 19.7 Å². The minimum atomic E-state index is -3.49. The lowest BCUT2D eigenvalue weighted by Crippen LogP contribution is -2.70. The Hall–Kier alpha value is -0.920. The predicted molar refractivity (Wildman–Crippen MR) is 68.5 cm³/mol. The summed E-state index contributed by atoms with van der Waals surface area (Å²) >= 11 is 0. The molecule has 0 unspecified atom stereocenters. The molecule has 2 heterocycles. The number of imidazole rings is 1. The molecule has 0 aliphatic carbocycles. The molecule has 0 radical (unpaired) electrons. The monoisotopic (exact) mass is 272 g/mol. The van der Waals surface area contributed by atoms with Gasteiger partial charge in [-0.1, -0.05) is 13.8 Å². The summed E-state index contributed by atoms with van der Waals surface area (Å²) in [7, 11) is -1.71. The number of hydrogen-bond acceptors (Lipinski definition) is 4. The van der Waals surface area contributed by atoms with Gasteiger partial charge < -0.3 is 10.3 Å². The zero-order valence-corrected chi connectivity index (χ0v) is 12.0. The summed E-state index contributed by atoms with van der Waals surface area (Å²) in [5.74, 6) is 0.936. The van der Waals surface area contributed by atoms with Crippen LogP contribution in [-0.2, 0) is 17.1 Å². The summed E-state index contributed by atoms with van der Waals surface area (Å²) < 4.78 is 27.7. The lowest BCUT2D eigenvalue weighted by atomic mass is 9.82. The molecule has 1 fully saturated rings. The van der Waals surface area contributed by atoms with E-state index in [1.54, 1.807) is 18.5 Å². The third kappa shape index (κ3) is 1.96. The van der Waals surface area contributed by atoms with Gasteiger partial charge in [-0.05, 0) is 12.8 Å². The second-order valence-electron chi connectivity index (χ2n) is 5.40. The van der Waals surface area contributed by atoms with Crippen molar-refractivity contribution < 1.29 is 8.42 Å². The van der Waals surface area contributed by atoms with Crippen LogP contribution in [0.4, 0.5) is 0 Å². The molecule has 2 N–H and O–H groups in total. The summed E-state index contributed by atoms with van der Waals surface area (Å²) in [4.78, 5) is 4.07. The Morgan fingerprint density at radius 1 is 1.44 bits per heavy atom. The van der Waals surface area contributed by atoms with Gasteiger partial charge in [-0.15, -0.1) is 0 Å². The fourth-order valence-electron chi connectivity index (χ4n) is 1.93. The van der Waals surface area contributed by atoms with E-state index in [1.807, 2.05) is 13.8 Å². The van der Waals surface area contributed by atoms with Crippen LogP contribution in [0.3, 0.4) is 0 Å². The van der Waals surface area contributed by atoms with Crippen molar-refractivity contribution in [1.82, 2.24) is 13.9 Å². The van der Waals surface area contributed by atoms with E-state index in [4.69, 9.17) is 5.73 Å². The average Bonchev–Trinajstić information content (AvgIpc) is 2.54. The second kappa shape index (κ2) is 4.04. The molecular weight excluding hydrogens is 252 g/mol. The van der Waals surface area contributed by atoms with Crippen LogP contribution in [0.5, 0.6) is 0 Å². The summed E-state index contributed by atoms with van der Waals surface area (Å²) in [5, 5.41) is 0.105. The lowest BCUT2D eigenvalue weighted by Gasteiger charge is -2.48. The number of nitrogens with zero attached hydrogens (tertiary/aromatic N) is 3. The van der Waals surface area contributed by atoms with E-state index in [-0.39, 0.29) is 10.9 Å². The molecule has 6 nitrogen and oxygen atoms in total. The number of rotatable bonds is 3. The first-order valence-corrected chi connectivity index (χ1v) is 7.40. The van der Waals surface area contributed by atoms with Crippen molar-refractivity contribution in [3.05, 3.63) is 12.0 Å². The van der Waals surface area contributed by atoms with E-state index < -0.39 is 15.6 Å². The van der Waals surface area contributed by atoms with E-state index in [0.717, 1.165) is 0 Å². The van der Waals surface area contributed by atoms with E-state index >= 15 is 0 Å². The molecule has 0 spiro atoms. The van der Waals surface area contributed by atoms with Crippen LogP contribution in [-0.4, -0.2) is 40.9 Å². The van der Waals surface area contributed by atoms with Gasteiger partial charge in [-0.25, -0.2) is 13.4 Å². The van der Waals surface area contributed by atoms with Crippen LogP contribution in [0.15, 0.2) is 11.2 Å². The molecule has 2 rings (SSSR count). The Labute approximate surface area is 108 Å². The fourth-order valence-corrected chi connectivity index (χ4v) is 3.55. The van der Waals surface area contributed by atoms with Crippen LogP contribution >= 0.6 is 0 Å². The van der Waals surface area contributed by atoms with Crippen LogP contribution in [0.25, 0.3) is 0 Å². The van der Waals surface area contributed by atoms with Gasteiger partial charge in [0, 0.05) is 31.9 Å². The third-order valence-electron chi connectivity index (χ3n) is 3.78. The number of aryl methyl sites for hydroxylation is 2. The SMILES string of the molecule is Cc1nc(S(=O)(=O)N2CC(N)(C(C)C)C2)cn1C. The summed E-state index contributed by atoms with van der Waals surface area (Å²) in [6, 6.07) is 0. The molecule has 1 aromatic rings. The van der Waals surface area contributed by atoms with Crippen molar-refractivity contribution >= 4 is 10.0 Å². The molecule has 0 saturated carbocycles. The molecule has 0 atom stereocenters. The van der Waals surface area contributed by atoms with Crippen molar-refractivity contribution in [2.45, 2.75) is 31.3 Å². The minimum Gasteiger partial charge on any atom is -0.337 e. The topological polar surface area (TPSA) is 81.2 Å². The molecule has 0 amide bonds. The fraction of sp³-hybridized carbons (Fsp3) is 0.727. The quantitative estimate of drug-likeness (QED) is 0.845. The Bertz CT molecular complexity index is 536. The normalized spacial score (nSPS) is 20.1. The number of aromatic nitrogens is 2. The minimum absolute atomic E-state index is 0.105. The van der Waals surface area contributed by atoms with Gasteiger partial charge in [-0.3, -0.25) is 0 Å². The molecule has 1 aromatic heterocycles. The van der Waals surface area contributed by atoms with Crippen molar-refractivity contribution in [2.75, 3.05) is 13.1 Å². The highest BCUT2D eigenvalue weighted by atomic mass is 32.2. The maximum atomic E-state index is 12.3. The molecule has 1 aliphatic rings. The van der Waals surface area contributed by atoms with E-state index in [1.165, 1.54) is 10.5 Å². The number of nitrogens with two attached hydrogens (primary N) is 1. The smallest absolute Gasteiger partial charge is 0.262 e. The maximum absolute atomic E-state index is 12.3. The first-order chi connectivity index (χ1) is 8.17. The molecule has 18 heavy (non-hydrogen) atoms. The Morgan fingerprint density at radius 2 is 2.00 bits per heavy atom. The van der Waals surface area contributed by atoms with Gasteiger partial charge in [0.2, 0.25) is 0 Å². The predicted octanol–water partition coefficient (Wildman–Crippen LogP) is 0.0863. The molecule has 0 aromatic carbocycles. The molecule has 0 bridgehead atoms. The van der Waals surface area contributed by atoms with Crippen molar-refractivity contribution in [3.8, 4) is 0 Å². The Morgan fingerprint density at radius 3 is 2.39 bits per heavy atom. The third-order valence-corrected chi connectivity index (χ3v) is 5.45. The summed E-state index contributed by atoms with van der Waals surface area (Å²) in [6.07, 6.45) is 1.54. The van der Waals surface area contributed by atoms with Crippen molar-refractivity contribution in [2.24, 2.45) is 18.7 Å². The second-order valence-corrected chi connectivity index (χ2v) is 7.28. The highest BCUT2D eigenvalue weighted by Gasteiger charge is 2.48. The summed E-state index contributed by atoms with van der Waals surface area (Å²) in [6.45, 7) is 6.52. The largest absolute Gasteiger partial charge is 0.337 e. The molecular formula is C11H20N4O2S. The van der Waals surface area contributed by atoms with E-state index in [9.17, 15) is 8.42 Å². The maximum Gasteiger partial charge on any atom is 0.262 e. The molecule has 7 heteroatoms. The highest BCUT2D eigenvalue weighted by Crippen LogP contribution is 2.30. The van der Waals surface area contributed by atoms with E-state index in [0.29, 0.717) is 18.9 Å². The van der Waals surface area contributed by atoms with Gasteiger partial charge >= 0.3 is 0 Å². The molecule has 102 valence electrons. The Balaban J connectivity index is 2.20. The first kappa shape index (κ1) is 13.5. The average molecular weight is 272 g/mol. The van der Waals surface area contributed by atoms with Crippen molar-refractivity contribution in [1.29, 1.82) is 0 Å². The summed E-state index contributed by atoms with van der Waals surface area (Å²) in [5.41, 5.74) is 5.71. The van der Waals surface area contributed by atoms with Gasteiger partial charge in [0.05, 0.1) is 0 Å². The van der Waals surface area contributed by atoms with Crippen LogP contribution < -0.4 is 5.73 Å². The number of sulfonamides is 1. The number of hydrogen-bond donors (Lipinski definition) is 1.